The summed E-state index contributed by atoms with van der Waals surface area (Å²) in [6.45, 7) is 2.83. The number of halogens is 2. The number of rotatable bonds is 7. The second-order valence-corrected chi connectivity index (χ2v) is 8.78. The summed E-state index contributed by atoms with van der Waals surface area (Å²) in [5.41, 5.74) is 2.05. The molecule has 31 heavy (non-hydrogen) atoms. The van der Waals surface area contributed by atoms with Crippen LogP contribution in [0.1, 0.15) is 23.8 Å². The molecule has 1 aliphatic rings. The van der Waals surface area contributed by atoms with E-state index in [1.807, 2.05) is 43.3 Å². The molecule has 0 bridgehead atoms. The van der Waals surface area contributed by atoms with Crippen LogP contribution in [-0.2, 0) is 16.1 Å². The summed E-state index contributed by atoms with van der Waals surface area (Å²) in [6, 6.07) is 15.2. The van der Waals surface area contributed by atoms with Gasteiger partial charge in [-0.25, -0.2) is 9.79 Å². The summed E-state index contributed by atoms with van der Waals surface area (Å²) >= 11 is 4.50. The second kappa shape index (κ2) is 9.86. The Hall–Kier alpha value is -2.34. The first kappa shape index (κ1) is 21.9. The Labute approximate surface area is 206 Å². The SMILES string of the molecule is CCOc1cc(/C=C2\N=C(c3ccco3)OC2=O)cc(I)c1OCc1ccccc1I. The van der Waals surface area contributed by atoms with Crippen LogP contribution < -0.4 is 9.47 Å². The second-order valence-electron chi connectivity index (χ2n) is 6.46. The fourth-order valence-electron chi connectivity index (χ4n) is 2.91. The molecule has 4 rings (SSSR count). The van der Waals surface area contributed by atoms with Crippen LogP contribution in [0.25, 0.3) is 6.08 Å². The third-order valence-corrected chi connectivity index (χ3v) is 6.17. The van der Waals surface area contributed by atoms with Crippen LogP contribution >= 0.6 is 45.2 Å². The Kier molecular flexibility index (Phi) is 6.96. The summed E-state index contributed by atoms with van der Waals surface area (Å²) in [7, 11) is 0. The lowest BCUT2D eigenvalue weighted by atomic mass is 10.1. The standard InChI is InChI=1S/C23H17I2NO5/c1-2-28-20-12-14(11-18-23(27)31-22(26-18)19-8-5-9-29-19)10-17(25)21(20)30-13-15-6-3-4-7-16(15)24/h3-12H,2,13H2,1H3/b18-11-. The van der Waals surface area contributed by atoms with Crippen LogP contribution in [0.2, 0.25) is 0 Å². The topological polar surface area (TPSA) is 70.3 Å². The van der Waals surface area contributed by atoms with Gasteiger partial charge in [0.05, 0.1) is 16.4 Å². The van der Waals surface area contributed by atoms with Crippen LogP contribution in [0.4, 0.5) is 0 Å². The van der Waals surface area contributed by atoms with Crippen molar-refractivity contribution < 1.29 is 23.4 Å². The van der Waals surface area contributed by atoms with Crippen LogP contribution in [-0.4, -0.2) is 18.5 Å². The molecular formula is C23H17I2NO5. The van der Waals surface area contributed by atoms with Gasteiger partial charge in [-0.05, 0) is 94.1 Å². The number of hydrogen-bond acceptors (Lipinski definition) is 6. The Morgan fingerprint density at radius 3 is 2.65 bits per heavy atom. The molecule has 6 nitrogen and oxygen atoms in total. The number of hydrogen-bond donors (Lipinski definition) is 0. The number of carbonyl (C=O) groups is 1. The van der Waals surface area contributed by atoms with Gasteiger partial charge in [-0.2, -0.15) is 0 Å². The Morgan fingerprint density at radius 1 is 1.06 bits per heavy atom. The Morgan fingerprint density at radius 2 is 1.90 bits per heavy atom. The van der Waals surface area contributed by atoms with Crippen molar-refractivity contribution in [2.45, 2.75) is 13.5 Å². The van der Waals surface area contributed by atoms with E-state index in [4.69, 9.17) is 18.6 Å². The molecule has 8 heteroatoms. The van der Waals surface area contributed by atoms with E-state index in [-0.39, 0.29) is 11.6 Å². The van der Waals surface area contributed by atoms with E-state index in [0.717, 1.165) is 18.3 Å². The minimum Gasteiger partial charge on any atom is -0.490 e. The number of benzene rings is 2. The van der Waals surface area contributed by atoms with Gasteiger partial charge in [0.25, 0.3) is 5.90 Å². The maximum absolute atomic E-state index is 12.2. The molecule has 0 amide bonds. The van der Waals surface area contributed by atoms with Gasteiger partial charge in [0.1, 0.15) is 6.61 Å². The minimum atomic E-state index is -0.529. The molecule has 1 aliphatic heterocycles. The van der Waals surface area contributed by atoms with Crippen molar-refractivity contribution in [1.29, 1.82) is 0 Å². The molecule has 0 atom stereocenters. The van der Waals surface area contributed by atoms with Gasteiger partial charge in [0.15, 0.2) is 23.0 Å². The van der Waals surface area contributed by atoms with Crippen molar-refractivity contribution in [3.8, 4) is 11.5 Å². The van der Waals surface area contributed by atoms with Crippen molar-refractivity contribution in [2.24, 2.45) is 4.99 Å². The summed E-state index contributed by atoms with van der Waals surface area (Å²) in [6.07, 6.45) is 3.16. The van der Waals surface area contributed by atoms with Crippen molar-refractivity contribution in [3.63, 3.8) is 0 Å². The van der Waals surface area contributed by atoms with Crippen molar-refractivity contribution >= 4 is 63.1 Å². The van der Waals surface area contributed by atoms with E-state index < -0.39 is 5.97 Å². The summed E-state index contributed by atoms with van der Waals surface area (Å²) in [4.78, 5) is 16.5. The molecule has 0 spiro atoms. The first-order chi connectivity index (χ1) is 15.0. The third kappa shape index (κ3) is 5.12. The summed E-state index contributed by atoms with van der Waals surface area (Å²) in [5.74, 6) is 1.30. The van der Waals surface area contributed by atoms with E-state index in [1.54, 1.807) is 18.2 Å². The van der Waals surface area contributed by atoms with Crippen LogP contribution in [0.3, 0.4) is 0 Å². The number of furan rings is 1. The van der Waals surface area contributed by atoms with Gasteiger partial charge in [-0.3, -0.25) is 0 Å². The van der Waals surface area contributed by atoms with E-state index >= 15 is 0 Å². The average molecular weight is 641 g/mol. The Balaban J connectivity index is 1.62. The van der Waals surface area contributed by atoms with Gasteiger partial charge < -0.3 is 18.6 Å². The zero-order valence-electron chi connectivity index (χ0n) is 16.4. The smallest absolute Gasteiger partial charge is 0.363 e. The maximum atomic E-state index is 12.2. The highest BCUT2D eigenvalue weighted by atomic mass is 127. The van der Waals surface area contributed by atoms with Crippen molar-refractivity contribution in [1.82, 2.24) is 0 Å². The molecule has 0 saturated heterocycles. The number of carbonyl (C=O) groups excluding carboxylic acids is 1. The first-order valence-corrected chi connectivity index (χ1v) is 11.6. The molecule has 0 radical (unpaired) electrons. The van der Waals surface area contributed by atoms with Crippen LogP contribution in [0.5, 0.6) is 11.5 Å². The zero-order valence-corrected chi connectivity index (χ0v) is 20.7. The van der Waals surface area contributed by atoms with Gasteiger partial charge in [0.2, 0.25) is 0 Å². The fraction of sp³-hybridized carbons (Fsp3) is 0.130. The van der Waals surface area contributed by atoms with E-state index in [2.05, 4.69) is 50.2 Å². The predicted octanol–water partition coefficient (Wildman–Crippen LogP) is 5.81. The quantitative estimate of drug-likeness (QED) is 0.185. The van der Waals surface area contributed by atoms with Crippen LogP contribution in [0.15, 0.2) is 69.9 Å². The molecule has 0 N–H and O–H groups in total. The number of ether oxygens (including phenoxy) is 3. The molecule has 2 aromatic carbocycles. The largest absolute Gasteiger partial charge is 0.490 e. The molecule has 0 fully saturated rings. The predicted molar refractivity (Wildman–Crippen MR) is 133 cm³/mol. The molecule has 0 unspecified atom stereocenters. The molecule has 1 aromatic heterocycles. The monoisotopic (exact) mass is 641 g/mol. The van der Waals surface area contributed by atoms with E-state index in [0.29, 0.717) is 30.5 Å². The maximum Gasteiger partial charge on any atom is 0.363 e. The lowest BCUT2D eigenvalue weighted by Gasteiger charge is -2.15. The molecule has 158 valence electrons. The normalized spacial score (nSPS) is 14.5. The lowest BCUT2D eigenvalue weighted by molar-refractivity contribution is -0.130. The van der Waals surface area contributed by atoms with Gasteiger partial charge >= 0.3 is 5.97 Å². The van der Waals surface area contributed by atoms with Crippen LogP contribution in [0, 0.1) is 7.14 Å². The lowest BCUT2D eigenvalue weighted by Crippen LogP contribution is -2.04. The minimum absolute atomic E-state index is 0.151. The zero-order chi connectivity index (χ0) is 21.8. The average Bonchev–Trinajstić information content (AvgIpc) is 3.39. The highest BCUT2D eigenvalue weighted by Gasteiger charge is 2.26. The highest BCUT2D eigenvalue weighted by Crippen LogP contribution is 2.36. The van der Waals surface area contributed by atoms with E-state index in [9.17, 15) is 4.79 Å². The fourth-order valence-corrected chi connectivity index (χ4v) is 4.24. The summed E-state index contributed by atoms with van der Waals surface area (Å²) in [5, 5.41) is 0. The number of nitrogens with zero attached hydrogens (tertiary/aromatic N) is 1. The summed E-state index contributed by atoms with van der Waals surface area (Å²) < 4.78 is 24.4. The van der Waals surface area contributed by atoms with Crippen molar-refractivity contribution in [2.75, 3.05) is 6.61 Å². The van der Waals surface area contributed by atoms with Gasteiger partial charge in [0, 0.05) is 9.13 Å². The first-order valence-electron chi connectivity index (χ1n) is 9.44. The highest BCUT2D eigenvalue weighted by molar-refractivity contribution is 14.1. The Bertz CT molecular complexity index is 1170. The third-order valence-electron chi connectivity index (χ3n) is 4.32. The van der Waals surface area contributed by atoms with Gasteiger partial charge in [-0.1, -0.05) is 18.2 Å². The molecule has 0 saturated carbocycles. The number of aliphatic imine (C=N–C) groups is 1. The van der Waals surface area contributed by atoms with E-state index in [1.165, 1.54) is 6.26 Å². The molecular weight excluding hydrogens is 624 g/mol. The van der Waals surface area contributed by atoms with Crippen molar-refractivity contribution in [3.05, 3.63) is 84.5 Å². The number of cyclic esters (lactones) is 1. The molecule has 2 heterocycles. The number of esters is 1. The molecule has 0 aliphatic carbocycles. The van der Waals surface area contributed by atoms with Gasteiger partial charge in [-0.15, -0.1) is 0 Å². The molecule has 3 aromatic rings.